The minimum Gasteiger partial charge on any atom is -0.399 e. The summed E-state index contributed by atoms with van der Waals surface area (Å²) < 4.78 is 14.2. The summed E-state index contributed by atoms with van der Waals surface area (Å²) in [4.78, 5) is 14.3. The molecule has 3 nitrogen and oxygen atoms in total. The molecule has 1 aliphatic rings. The van der Waals surface area contributed by atoms with Crippen molar-refractivity contribution in [3.63, 3.8) is 0 Å². The Balaban J connectivity index is 2.04. The summed E-state index contributed by atoms with van der Waals surface area (Å²) in [5.74, 6) is -0.749. The molecule has 0 aromatic heterocycles. The van der Waals surface area contributed by atoms with Gasteiger partial charge in [-0.3, -0.25) is 4.79 Å². The number of carbonyl (C=O) groups is 1. The molecule has 0 spiro atoms. The first-order chi connectivity index (χ1) is 10.1. The number of amides is 1. The molecular formula is C17H17FN2O. The van der Waals surface area contributed by atoms with Crippen molar-refractivity contribution in [2.45, 2.75) is 19.8 Å². The summed E-state index contributed by atoms with van der Waals surface area (Å²) in [5, 5.41) is 0. The monoisotopic (exact) mass is 284 g/mol. The lowest BCUT2D eigenvalue weighted by Crippen LogP contribution is -2.36. The number of hydrogen-bond donors (Lipinski definition) is 1. The van der Waals surface area contributed by atoms with Gasteiger partial charge in [-0.05, 0) is 49.1 Å². The van der Waals surface area contributed by atoms with Gasteiger partial charge in [0.25, 0.3) is 5.91 Å². The average molecular weight is 284 g/mol. The molecule has 0 atom stereocenters. The number of nitrogens with zero attached hydrogens (tertiary/aromatic N) is 1. The van der Waals surface area contributed by atoms with E-state index < -0.39 is 5.82 Å². The average Bonchev–Trinajstić information content (AvgIpc) is 2.48. The summed E-state index contributed by atoms with van der Waals surface area (Å²) in [6.45, 7) is 2.25. The Bertz CT molecular complexity index is 712. The maximum absolute atomic E-state index is 14.2. The number of anilines is 2. The van der Waals surface area contributed by atoms with E-state index in [1.807, 2.05) is 12.1 Å². The number of aryl methyl sites for hydroxylation is 2. The van der Waals surface area contributed by atoms with Gasteiger partial charge in [0.2, 0.25) is 0 Å². The van der Waals surface area contributed by atoms with E-state index in [1.165, 1.54) is 6.07 Å². The molecule has 0 fully saturated rings. The lowest BCUT2D eigenvalue weighted by molar-refractivity contribution is 0.0981. The number of benzene rings is 2. The molecule has 3 rings (SSSR count). The van der Waals surface area contributed by atoms with Crippen molar-refractivity contribution < 1.29 is 9.18 Å². The normalized spacial score (nSPS) is 13.9. The second kappa shape index (κ2) is 5.20. The van der Waals surface area contributed by atoms with Crippen LogP contribution in [0.25, 0.3) is 0 Å². The number of hydrogen-bond acceptors (Lipinski definition) is 2. The minimum absolute atomic E-state index is 0.116. The Kier molecular flexibility index (Phi) is 3.37. The van der Waals surface area contributed by atoms with E-state index in [9.17, 15) is 9.18 Å². The van der Waals surface area contributed by atoms with Crippen LogP contribution in [0.3, 0.4) is 0 Å². The van der Waals surface area contributed by atoms with E-state index in [2.05, 4.69) is 0 Å². The zero-order valence-corrected chi connectivity index (χ0v) is 11.9. The molecule has 2 aromatic rings. The van der Waals surface area contributed by atoms with Crippen LogP contribution in [0.4, 0.5) is 15.8 Å². The van der Waals surface area contributed by atoms with Crippen molar-refractivity contribution in [3.05, 3.63) is 58.9 Å². The van der Waals surface area contributed by atoms with Gasteiger partial charge in [-0.2, -0.15) is 0 Å². The van der Waals surface area contributed by atoms with E-state index >= 15 is 0 Å². The van der Waals surface area contributed by atoms with Gasteiger partial charge in [-0.1, -0.05) is 18.2 Å². The second-order valence-electron chi connectivity index (χ2n) is 5.38. The van der Waals surface area contributed by atoms with Crippen LogP contribution in [0.15, 0.2) is 36.4 Å². The zero-order chi connectivity index (χ0) is 15.0. The molecule has 2 aromatic carbocycles. The molecule has 0 bridgehead atoms. The largest absolute Gasteiger partial charge is 0.399 e. The first kappa shape index (κ1) is 13.6. The predicted octanol–water partition coefficient (Wildman–Crippen LogP) is 3.31. The Morgan fingerprint density at radius 2 is 2.10 bits per heavy atom. The molecular weight excluding hydrogens is 267 g/mol. The van der Waals surface area contributed by atoms with E-state index in [0.717, 1.165) is 24.1 Å². The van der Waals surface area contributed by atoms with Gasteiger partial charge >= 0.3 is 0 Å². The van der Waals surface area contributed by atoms with Crippen LogP contribution in [-0.2, 0) is 6.42 Å². The topological polar surface area (TPSA) is 46.3 Å². The molecule has 0 saturated carbocycles. The van der Waals surface area contributed by atoms with Crippen LogP contribution in [0.1, 0.15) is 27.9 Å². The van der Waals surface area contributed by atoms with Gasteiger partial charge in [0.15, 0.2) is 0 Å². The Morgan fingerprint density at radius 3 is 2.90 bits per heavy atom. The van der Waals surface area contributed by atoms with E-state index in [-0.39, 0.29) is 11.5 Å². The van der Waals surface area contributed by atoms with Gasteiger partial charge < -0.3 is 10.6 Å². The standard InChI is InChI=1S/C17H17FN2O/c1-11-4-2-6-14(16(11)18)17(21)20-9-3-5-12-7-8-13(19)10-15(12)20/h2,4,6-8,10H,3,5,9,19H2,1H3. The molecule has 108 valence electrons. The van der Waals surface area contributed by atoms with Crippen molar-refractivity contribution in [3.8, 4) is 0 Å². The van der Waals surface area contributed by atoms with Crippen LogP contribution < -0.4 is 10.6 Å². The maximum Gasteiger partial charge on any atom is 0.261 e. The Morgan fingerprint density at radius 1 is 1.29 bits per heavy atom. The highest BCUT2D eigenvalue weighted by molar-refractivity contribution is 6.07. The molecule has 2 N–H and O–H groups in total. The lowest BCUT2D eigenvalue weighted by atomic mass is 9.99. The van der Waals surface area contributed by atoms with Crippen LogP contribution in [-0.4, -0.2) is 12.5 Å². The number of nitrogens with two attached hydrogens (primary N) is 1. The number of carbonyl (C=O) groups excluding carboxylic acids is 1. The van der Waals surface area contributed by atoms with Gasteiger partial charge in [-0.15, -0.1) is 0 Å². The summed E-state index contributed by atoms with van der Waals surface area (Å²) in [6.07, 6.45) is 1.78. The molecule has 1 amide bonds. The quantitative estimate of drug-likeness (QED) is 0.817. The Hall–Kier alpha value is -2.36. The maximum atomic E-state index is 14.2. The predicted molar refractivity (Wildman–Crippen MR) is 82.0 cm³/mol. The number of halogens is 1. The summed E-state index contributed by atoms with van der Waals surface area (Å²) >= 11 is 0. The molecule has 0 unspecified atom stereocenters. The van der Waals surface area contributed by atoms with Gasteiger partial charge in [0.05, 0.1) is 5.56 Å². The highest BCUT2D eigenvalue weighted by atomic mass is 19.1. The fourth-order valence-electron chi connectivity index (χ4n) is 2.76. The Labute approximate surface area is 123 Å². The van der Waals surface area contributed by atoms with Crippen molar-refractivity contribution in [2.24, 2.45) is 0 Å². The molecule has 0 aliphatic carbocycles. The summed E-state index contributed by atoms with van der Waals surface area (Å²) in [5.41, 5.74) is 8.91. The third-order valence-electron chi connectivity index (χ3n) is 3.90. The molecule has 4 heteroatoms. The van der Waals surface area contributed by atoms with Crippen LogP contribution in [0, 0.1) is 12.7 Å². The first-order valence-corrected chi connectivity index (χ1v) is 7.03. The van der Waals surface area contributed by atoms with E-state index in [4.69, 9.17) is 5.73 Å². The number of nitrogen functional groups attached to an aromatic ring is 1. The van der Waals surface area contributed by atoms with Crippen molar-refractivity contribution in [2.75, 3.05) is 17.2 Å². The third-order valence-corrected chi connectivity index (χ3v) is 3.90. The molecule has 1 aliphatic heterocycles. The molecule has 21 heavy (non-hydrogen) atoms. The highest BCUT2D eigenvalue weighted by Gasteiger charge is 2.25. The minimum atomic E-state index is -0.446. The van der Waals surface area contributed by atoms with Gasteiger partial charge in [0, 0.05) is 17.9 Å². The van der Waals surface area contributed by atoms with Gasteiger partial charge in [0.1, 0.15) is 5.82 Å². The smallest absolute Gasteiger partial charge is 0.261 e. The SMILES string of the molecule is Cc1cccc(C(=O)N2CCCc3ccc(N)cc32)c1F. The first-order valence-electron chi connectivity index (χ1n) is 7.03. The van der Waals surface area contributed by atoms with Gasteiger partial charge in [-0.25, -0.2) is 4.39 Å². The van der Waals surface area contributed by atoms with E-state index in [1.54, 1.807) is 30.0 Å². The van der Waals surface area contributed by atoms with Crippen molar-refractivity contribution >= 4 is 17.3 Å². The highest BCUT2D eigenvalue weighted by Crippen LogP contribution is 2.30. The number of rotatable bonds is 1. The van der Waals surface area contributed by atoms with Crippen molar-refractivity contribution in [1.29, 1.82) is 0 Å². The molecule has 0 radical (unpaired) electrons. The van der Waals surface area contributed by atoms with Crippen LogP contribution in [0.2, 0.25) is 0 Å². The summed E-state index contributed by atoms with van der Waals surface area (Å²) in [6, 6.07) is 10.5. The molecule has 1 heterocycles. The fraction of sp³-hybridized carbons (Fsp3) is 0.235. The van der Waals surface area contributed by atoms with Crippen molar-refractivity contribution in [1.82, 2.24) is 0 Å². The zero-order valence-electron chi connectivity index (χ0n) is 11.9. The molecule has 0 saturated heterocycles. The number of fused-ring (bicyclic) bond motifs is 1. The van der Waals surface area contributed by atoms with Crippen LogP contribution in [0.5, 0.6) is 0 Å². The van der Waals surface area contributed by atoms with Crippen LogP contribution >= 0.6 is 0 Å². The second-order valence-corrected chi connectivity index (χ2v) is 5.38. The summed E-state index contributed by atoms with van der Waals surface area (Å²) in [7, 11) is 0. The third kappa shape index (κ3) is 2.37. The lowest BCUT2D eigenvalue weighted by Gasteiger charge is -2.30. The fourth-order valence-corrected chi connectivity index (χ4v) is 2.76. The van der Waals surface area contributed by atoms with E-state index in [0.29, 0.717) is 17.8 Å².